The van der Waals surface area contributed by atoms with Crippen LogP contribution in [0.25, 0.3) is 0 Å². The predicted octanol–water partition coefficient (Wildman–Crippen LogP) is 5.19. The summed E-state index contributed by atoms with van der Waals surface area (Å²) >= 11 is 4.94. The molecule has 1 atom stereocenters. The molecule has 4 rings (SSSR count). The van der Waals surface area contributed by atoms with Crippen LogP contribution in [0.4, 0.5) is 5.69 Å². The average Bonchev–Trinajstić information content (AvgIpc) is 3.11. The molecule has 0 bridgehead atoms. The zero-order valence-electron chi connectivity index (χ0n) is 18.0. The first-order valence-corrected chi connectivity index (χ1v) is 12.7. The lowest BCUT2D eigenvalue weighted by Gasteiger charge is -2.23. The standard InChI is InChI=1S/C25H24BrNO5S/c26-18-10-6-16(7-11-18)21(28)15-32-25(31)17-8-12-19(13-9-17)27-23(29)14-22(24(27)30)33-20-4-2-1-3-5-20/h6-13,20,22H,1-5,14-15H2. The van der Waals surface area contributed by atoms with E-state index in [4.69, 9.17) is 4.74 Å². The van der Waals surface area contributed by atoms with E-state index in [-0.39, 0.29) is 41.4 Å². The molecule has 1 saturated heterocycles. The number of anilines is 1. The predicted molar refractivity (Wildman–Crippen MR) is 131 cm³/mol. The third-order valence-electron chi connectivity index (χ3n) is 5.88. The zero-order valence-corrected chi connectivity index (χ0v) is 20.4. The van der Waals surface area contributed by atoms with E-state index in [1.54, 1.807) is 48.2 Å². The molecular formula is C25H24BrNO5S. The number of imide groups is 1. The summed E-state index contributed by atoms with van der Waals surface area (Å²) < 4.78 is 5.98. The summed E-state index contributed by atoms with van der Waals surface area (Å²) in [5.41, 5.74) is 1.14. The van der Waals surface area contributed by atoms with E-state index < -0.39 is 5.97 Å². The van der Waals surface area contributed by atoms with Crippen molar-refractivity contribution in [3.05, 3.63) is 64.1 Å². The molecule has 2 fully saturated rings. The molecular weight excluding hydrogens is 506 g/mol. The number of ketones is 1. The highest BCUT2D eigenvalue weighted by Crippen LogP contribution is 2.37. The minimum absolute atomic E-state index is 0.189. The number of carbonyl (C=O) groups excluding carboxylic acids is 4. The van der Waals surface area contributed by atoms with E-state index >= 15 is 0 Å². The number of halogens is 1. The number of benzene rings is 2. The Morgan fingerprint density at radius 3 is 2.24 bits per heavy atom. The van der Waals surface area contributed by atoms with Crippen LogP contribution < -0.4 is 4.90 Å². The molecule has 172 valence electrons. The maximum Gasteiger partial charge on any atom is 0.338 e. The molecule has 2 aromatic rings. The highest BCUT2D eigenvalue weighted by atomic mass is 79.9. The molecule has 0 radical (unpaired) electrons. The summed E-state index contributed by atoms with van der Waals surface area (Å²) in [6.07, 6.45) is 6.02. The molecule has 2 aliphatic rings. The Morgan fingerprint density at radius 2 is 1.58 bits per heavy atom. The van der Waals surface area contributed by atoms with Crippen molar-refractivity contribution in [2.45, 2.75) is 49.0 Å². The maximum atomic E-state index is 12.9. The van der Waals surface area contributed by atoms with Crippen LogP contribution >= 0.6 is 27.7 Å². The van der Waals surface area contributed by atoms with Gasteiger partial charge in [-0.3, -0.25) is 14.4 Å². The van der Waals surface area contributed by atoms with Crippen LogP contribution in [-0.4, -0.2) is 40.7 Å². The van der Waals surface area contributed by atoms with Gasteiger partial charge in [0, 0.05) is 21.7 Å². The fraction of sp³-hybridized carbons (Fsp3) is 0.360. The molecule has 1 aliphatic carbocycles. The highest BCUT2D eigenvalue weighted by Gasteiger charge is 2.41. The van der Waals surface area contributed by atoms with E-state index in [9.17, 15) is 19.2 Å². The molecule has 0 spiro atoms. The minimum Gasteiger partial charge on any atom is -0.454 e. The largest absolute Gasteiger partial charge is 0.454 e. The van der Waals surface area contributed by atoms with Gasteiger partial charge in [0.25, 0.3) is 0 Å². The van der Waals surface area contributed by atoms with E-state index in [1.807, 2.05) is 0 Å². The van der Waals surface area contributed by atoms with Crippen LogP contribution in [-0.2, 0) is 14.3 Å². The number of hydrogen-bond donors (Lipinski definition) is 0. The molecule has 6 nitrogen and oxygen atoms in total. The second-order valence-electron chi connectivity index (χ2n) is 8.21. The number of esters is 1. The molecule has 33 heavy (non-hydrogen) atoms. The molecule has 1 heterocycles. The Morgan fingerprint density at radius 1 is 0.939 bits per heavy atom. The topological polar surface area (TPSA) is 80.8 Å². The lowest BCUT2D eigenvalue weighted by molar-refractivity contribution is -0.121. The van der Waals surface area contributed by atoms with Gasteiger partial charge in [-0.25, -0.2) is 9.69 Å². The third-order valence-corrected chi connectivity index (χ3v) is 7.96. The van der Waals surface area contributed by atoms with Crippen molar-refractivity contribution in [3.8, 4) is 0 Å². The Kier molecular flexibility index (Phi) is 7.65. The number of rotatable bonds is 7. The lowest BCUT2D eigenvalue weighted by Crippen LogP contribution is -2.31. The lowest BCUT2D eigenvalue weighted by atomic mass is 10.0. The number of carbonyl (C=O) groups is 4. The monoisotopic (exact) mass is 529 g/mol. The Bertz CT molecular complexity index is 1050. The van der Waals surface area contributed by atoms with Gasteiger partial charge in [-0.1, -0.05) is 47.3 Å². The number of hydrogen-bond acceptors (Lipinski definition) is 6. The zero-order chi connectivity index (χ0) is 23.4. The molecule has 2 aromatic carbocycles. The SMILES string of the molecule is O=C(COC(=O)c1ccc(N2C(=O)CC(SC3CCCCC3)C2=O)cc1)c1ccc(Br)cc1. The van der Waals surface area contributed by atoms with Crippen molar-refractivity contribution < 1.29 is 23.9 Å². The van der Waals surface area contributed by atoms with Crippen molar-refractivity contribution in [3.63, 3.8) is 0 Å². The number of ether oxygens (including phenoxy) is 1. The molecule has 1 saturated carbocycles. The maximum absolute atomic E-state index is 12.9. The van der Waals surface area contributed by atoms with Crippen LogP contribution in [0.5, 0.6) is 0 Å². The average molecular weight is 530 g/mol. The first-order chi connectivity index (χ1) is 15.9. The van der Waals surface area contributed by atoms with Crippen LogP contribution in [0.3, 0.4) is 0 Å². The van der Waals surface area contributed by atoms with E-state index in [0.29, 0.717) is 16.5 Å². The van der Waals surface area contributed by atoms with Crippen molar-refractivity contribution >= 4 is 56.9 Å². The van der Waals surface area contributed by atoms with Gasteiger partial charge in [0.2, 0.25) is 11.8 Å². The first-order valence-electron chi connectivity index (χ1n) is 11.0. The number of amides is 2. The summed E-state index contributed by atoms with van der Waals surface area (Å²) in [4.78, 5) is 51.2. The van der Waals surface area contributed by atoms with E-state index in [0.717, 1.165) is 17.3 Å². The van der Waals surface area contributed by atoms with E-state index in [1.165, 1.54) is 36.3 Å². The first kappa shape index (κ1) is 23.7. The smallest absolute Gasteiger partial charge is 0.338 e. The number of nitrogens with zero attached hydrogens (tertiary/aromatic N) is 1. The van der Waals surface area contributed by atoms with Gasteiger partial charge in [0.05, 0.1) is 16.5 Å². The van der Waals surface area contributed by atoms with Crippen LogP contribution in [0.15, 0.2) is 53.0 Å². The summed E-state index contributed by atoms with van der Waals surface area (Å²) in [7, 11) is 0. The summed E-state index contributed by atoms with van der Waals surface area (Å²) in [5, 5.41) is 0.104. The molecule has 1 aliphatic heterocycles. The molecule has 0 aromatic heterocycles. The van der Waals surface area contributed by atoms with Gasteiger partial charge in [0.15, 0.2) is 12.4 Å². The van der Waals surface area contributed by atoms with Gasteiger partial charge >= 0.3 is 5.97 Å². The Hall–Kier alpha value is -2.45. The van der Waals surface area contributed by atoms with Crippen LogP contribution in [0.1, 0.15) is 59.2 Å². The summed E-state index contributed by atoms with van der Waals surface area (Å²) in [6.45, 7) is -0.370. The number of thioether (sulfide) groups is 1. The quantitative estimate of drug-likeness (QED) is 0.279. The molecule has 2 amide bonds. The molecule has 0 N–H and O–H groups in total. The van der Waals surface area contributed by atoms with Crippen LogP contribution in [0.2, 0.25) is 0 Å². The van der Waals surface area contributed by atoms with Gasteiger partial charge < -0.3 is 4.74 Å². The van der Waals surface area contributed by atoms with Crippen molar-refractivity contribution in [2.24, 2.45) is 0 Å². The molecule has 1 unspecified atom stereocenters. The van der Waals surface area contributed by atoms with Crippen LogP contribution in [0, 0.1) is 0 Å². The van der Waals surface area contributed by atoms with Crippen molar-refractivity contribution in [1.29, 1.82) is 0 Å². The Balaban J connectivity index is 1.34. The van der Waals surface area contributed by atoms with Gasteiger partial charge in [0.1, 0.15) is 0 Å². The highest BCUT2D eigenvalue weighted by molar-refractivity contribution is 9.10. The summed E-state index contributed by atoms with van der Waals surface area (Å²) in [6, 6.07) is 12.9. The van der Waals surface area contributed by atoms with Gasteiger partial charge in [-0.2, -0.15) is 0 Å². The summed E-state index contributed by atoms with van der Waals surface area (Å²) in [5.74, 6) is -1.35. The van der Waals surface area contributed by atoms with E-state index in [2.05, 4.69) is 15.9 Å². The Labute approximate surface area is 205 Å². The normalized spacial score (nSPS) is 19.1. The second kappa shape index (κ2) is 10.7. The van der Waals surface area contributed by atoms with Gasteiger partial charge in [-0.05, 0) is 49.2 Å². The minimum atomic E-state index is -0.642. The second-order valence-corrected chi connectivity index (χ2v) is 10.6. The third kappa shape index (κ3) is 5.73. The fourth-order valence-corrected chi connectivity index (χ4v) is 5.89. The van der Waals surface area contributed by atoms with Gasteiger partial charge in [-0.15, -0.1) is 11.8 Å². The fourth-order valence-electron chi connectivity index (χ4n) is 4.10. The van der Waals surface area contributed by atoms with Crippen molar-refractivity contribution in [1.82, 2.24) is 0 Å². The molecule has 8 heteroatoms. The number of Topliss-reactive ketones (excluding diaryl/α,β-unsaturated/α-hetero) is 1. The van der Waals surface area contributed by atoms with Crippen molar-refractivity contribution in [2.75, 3.05) is 11.5 Å².